The summed E-state index contributed by atoms with van der Waals surface area (Å²) in [5.41, 5.74) is 2.40. The minimum Gasteiger partial charge on any atom is -0.396 e. The lowest BCUT2D eigenvalue weighted by molar-refractivity contribution is 0.299. The Morgan fingerprint density at radius 1 is 1.35 bits per heavy atom. The molecule has 17 heavy (non-hydrogen) atoms. The summed E-state index contributed by atoms with van der Waals surface area (Å²) in [7, 11) is 0. The van der Waals surface area contributed by atoms with Crippen LogP contribution in [0.1, 0.15) is 25.3 Å². The maximum absolute atomic E-state index is 8.87. The number of hydrogen-bond donors (Lipinski definition) is 2. The van der Waals surface area contributed by atoms with E-state index < -0.39 is 0 Å². The fourth-order valence-corrected chi connectivity index (χ4v) is 3.37. The van der Waals surface area contributed by atoms with Crippen molar-refractivity contribution in [2.24, 2.45) is 0 Å². The van der Waals surface area contributed by atoms with E-state index in [1.165, 1.54) is 29.8 Å². The molecule has 1 aromatic rings. The zero-order chi connectivity index (χ0) is 12.1. The van der Waals surface area contributed by atoms with Crippen LogP contribution in [0, 0.1) is 0 Å². The van der Waals surface area contributed by atoms with Crippen LogP contribution < -0.4 is 5.32 Å². The molecule has 3 heteroatoms. The van der Waals surface area contributed by atoms with Crippen LogP contribution in [0.25, 0.3) is 0 Å². The van der Waals surface area contributed by atoms with Crippen LogP contribution in [0.5, 0.6) is 0 Å². The standard InChI is InChI=1S/C14H21NOS/c1-11-14(3-2-10-17-11)15-13-6-4-12(5-7-13)8-9-16/h4-7,11,14-16H,2-3,8-10H2,1H3. The monoisotopic (exact) mass is 251 g/mol. The third-order valence-electron chi connectivity index (χ3n) is 3.31. The first-order valence-electron chi connectivity index (χ1n) is 6.37. The van der Waals surface area contributed by atoms with Gasteiger partial charge < -0.3 is 10.4 Å². The van der Waals surface area contributed by atoms with Crippen molar-refractivity contribution in [2.75, 3.05) is 17.7 Å². The van der Waals surface area contributed by atoms with E-state index in [4.69, 9.17) is 5.11 Å². The summed E-state index contributed by atoms with van der Waals surface area (Å²) in [6, 6.07) is 9.03. The van der Waals surface area contributed by atoms with Crippen molar-refractivity contribution in [1.29, 1.82) is 0 Å². The van der Waals surface area contributed by atoms with Gasteiger partial charge in [-0.15, -0.1) is 0 Å². The lowest BCUT2D eigenvalue weighted by atomic mass is 10.1. The predicted molar refractivity (Wildman–Crippen MR) is 75.8 cm³/mol. The summed E-state index contributed by atoms with van der Waals surface area (Å²) >= 11 is 2.06. The van der Waals surface area contributed by atoms with Gasteiger partial charge in [-0.05, 0) is 42.7 Å². The Balaban J connectivity index is 1.93. The maximum Gasteiger partial charge on any atom is 0.0471 e. The van der Waals surface area contributed by atoms with E-state index in [0.717, 1.165) is 6.42 Å². The second kappa shape index (κ2) is 6.31. The Kier molecular flexibility index (Phi) is 4.75. The Morgan fingerprint density at radius 2 is 2.12 bits per heavy atom. The Bertz CT molecular complexity index is 339. The Labute approximate surface area is 108 Å². The fraction of sp³-hybridized carbons (Fsp3) is 0.571. The minimum atomic E-state index is 0.225. The van der Waals surface area contributed by atoms with E-state index in [0.29, 0.717) is 11.3 Å². The van der Waals surface area contributed by atoms with Gasteiger partial charge in [-0.2, -0.15) is 11.8 Å². The molecule has 94 valence electrons. The Morgan fingerprint density at radius 3 is 2.76 bits per heavy atom. The van der Waals surface area contributed by atoms with E-state index in [2.05, 4.69) is 48.3 Å². The van der Waals surface area contributed by atoms with Crippen molar-refractivity contribution in [3.05, 3.63) is 29.8 Å². The summed E-state index contributed by atoms with van der Waals surface area (Å²) in [5.74, 6) is 1.30. The third-order valence-corrected chi connectivity index (χ3v) is 4.69. The molecule has 0 aliphatic carbocycles. The molecule has 2 rings (SSSR count). The van der Waals surface area contributed by atoms with Crippen LogP contribution in [0.3, 0.4) is 0 Å². The van der Waals surface area contributed by atoms with Gasteiger partial charge in [-0.25, -0.2) is 0 Å². The predicted octanol–water partition coefficient (Wildman–Crippen LogP) is 2.92. The molecular weight excluding hydrogens is 230 g/mol. The number of rotatable bonds is 4. The molecule has 2 N–H and O–H groups in total. The van der Waals surface area contributed by atoms with Crippen molar-refractivity contribution in [2.45, 2.75) is 37.5 Å². The molecule has 1 saturated heterocycles. The lowest BCUT2D eigenvalue weighted by Gasteiger charge is -2.30. The molecule has 2 atom stereocenters. The molecule has 0 amide bonds. The number of aliphatic hydroxyl groups excluding tert-OH is 1. The number of nitrogens with one attached hydrogen (secondary N) is 1. The highest BCUT2D eigenvalue weighted by Gasteiger charge is 2.21. The second-order valence-electron chi connectivity index (χ2n) is 4.64. The third kappa shape index (κ3) is 3.65. The SMILES string of the molecule is CC1SCCCC1Nc1ccc(CCO)cc1. The van der Waals surface area contributed by atoms with E-state index in [1.807, 2.05) is 0 Å². The zero-order valence-corrected chi connectivity index (χ0v) is 11.2. The van der Waals surface area contributed by atoms with Crippen LogP contribution in [-0.2, 0) is 6.42 Å². The first kappa shape index (κ1) is 12.8. The van der Waals surface area contributed by atoms with Crippen molar-refractivity contribution in [3.8, 4) is 0 Å². The van der Waals surface area contributed by atoms with Crippen LogP contribution >= 0.6 is 11.8 Å². The highest BCUT2D eigenvalue weighted by atomic mass is 32.2. The highest BCUT2D eigenvalue weighted by Crippen LogP contribution is 2.27. The summed E-state index contributed by atoms with van der Waals surface area (Å²) in [5, 5.41) is 13.2. The molecule has 2 unspecified atom stereocenters. The van der Waals surface area contributed by atoms with E-state index in [9.17, 15) is 0 Å². The summed E-state index contributed by atoms with van der Waals surface area (Å²) in [4.78, 5) is 0. The molecule has 1 heterocycles. The molecule has 1 fully saturated rings. The van der Waals surface area contributed by atoms with Crippen molar-refractivity contribution < 1.29 is 5.11 Å². The van der Waals surface area contributed by atoms with Gasteiger partial charge in [0, 0.05) is 23.6 Å². The maximum atomic E-state index is 8.87. The molecule has 0 aromatic heterocycles. The molecular formula is C14H21NOS. The smallest absolute Gasteiger partial charge is 0.0471 e. The van der Waals surface area contributed by atoms with E-state index in [1.54, 1.807) is 0 Å². The molecule has 1 aliphatic rings. The summed E-state index contributed by atoms with van der Waals surface area (Å²) < 4.78 is 0. The molecule has 0 radical (unpaired) electrons. The number of hydrogen-bond acceptors (Lipinski definition) is 3. The lowest BCUT2D eigenvalue weighted by Crippen LogP contribution is -2.32. The number of benzene rings is 1. The van der Waals surface area contributed by atoms with Gasteiger partial charge >= 0.3 is 0 Å². The number of aliphatic hydroxyl groups is 1. The first-order valence-corrected chi connectivity index (χ1v) is 7.42. The number of anilines is 1. The van der Waals surface area contributed by atoms with Gasteiger partial charge in [-0.3, -0.25) is 0 Å². The number of thioether (sulfide) groups is 1. The quantitative estimate of drug-likeness (QED) is 0.863. The molecule has 0 bridgehead atoms. The second-order valence-corrected chi connectivity index (χ2v) is 6.12. The van der Waals surface area contributed by atoms with E-state index >= 15 is 0 Å². The van der Waals surface area contributed by atoms with Gasteiger partial charge in [0.1, 0.15) is 0 Å². The Hall–Kier alpha value is -0.670. The average molecular weight is 251 g/mol. The highest BCUT2D eigenvalue weighted by molar-refractivity contribution is 8.00. The summed E-state index contributed by atoms with van der Waals surface area (Å²) in [6.45, 7) is 2.53. The molecule has 0 spiro atoms. The molecule has 1 aliphatic heterocycles. The molecule has 0 saturated carbocycles. The van der Waals surface area contributed by atoms with Gasteiger partial charge in [0.2, 0.25) is 0 Å². The van der Waals surface area contributed by atoms with Crippen LogP contribution in [0.2, 0.25) is 0 Å². The van der Waals surface area contributed by atoms with Crippen LogP contribution in [0.15, 0.2) is 24.3 Å². The van der Waals surface area contributed by atoms with E-state index in [-0.39, 0.29) is 6.61 Å². The first-order chi connectivity index (χ1) is 8.29. The van der Waals surface area contributed by atoms with Gasteiger partial charge in [-0.1, -0.05) is 19.1 Å². The fourth-order valence-electron chi connectivity index (χ4n) is 2.22. The molecule has 2 nitrogen and oxygen atoms in total. The van der Waals surface area contributed by atoms with Gasteiger partial charge in [0.15, 0.2) is 0 Å². The normalized spacial score (nSPS) is 24.6. The van der Waals surface area contributed by atoms with Crippen molar-refractivity contribution in [1.82, 2.24) is 0 Å². The largest absolute Gasteiger partial charge is 0.396 e. The molecule has 1 aromatic carbocycles. The van der Waals surface area contributed by atoms with Crippen molar-refractivity contribution in [3.63, 3.8) is 0 Å². The summed E-state index contributed by atoms with van der Waals surface area (Å²) in [6.07, 6.45) is 3.33. The van der Waals surface area contributed by atoms with Crippen LogP contribution in [0.4, 0.5) is 5.69 Å². The minimum absolute atomic E-state index is 0.225. The van der Waals surface area contributed by atoms with Gasteiger partial charge in [0.25, 0.3) is 0 Å². The topological polar surface area (TPSA) is 32.3 Å². The zero-order valence-electron chi connectivity index (χ0n) is 10.4. The average Bonchev–Trinajstić information content (AvgIpc) is 2.35. The van der Waals surface area contributed by atoms with Crippen molar-refractivity contribution >= 4 is 17.4 Å². The van der Waals surface area contributed by atoms with Crippen LogP contribution in [-0.4, -0.2) is 28.8 Å². The van der Waals surface area contributed by atoms with Gasteiger partial charge in [0.05, 0.1) is 0 Å².